The van der Waals surface area contributed by atoms with Gasteiger partial charge in [0.15, 0.2) is 0 Å². The first-order valence-corrected chi connectivity index (χ1v) is 10.1. The van der Waals surface area contributed by atoms with E-state index in [0.717, 1.165) is 18.4 Å². The molecule has 0 radical (unpaired) electrons. The zero-order valence-electron chi connectivity index (χ0n) is 14.9. The molecule has 1 saturated carbocycles. The minimum atomic E-state index is -3.49. The fourth-order valence-corrected chi connectivity index (χ4v) is 4.27. The number of benzene rings is 1. The van der Waals surface area contributed by atoms with Crippen LogP contribution in [0.4, 0.5) is 0 Å². The van der Waals surface area contributed by atoms with Crippen LogP contribution in [0.2, 0.25) is 0 Å². The highest BCUT2D eigenvalue weighted by atomic mass is 32.2. The van der Waals surface area contributed by atoms with Crippen LogP contribution in [0, 0.1) is 6.92 Å². The summed E-state index contributed by atoms with van der Waals surface area (Å²) < 4.78 is 38.6. The third kappa shape index (κ3) is 4.70. The van der Waals surface area contributed by atoms with Gasteiger partial charge >= 0.3 is 0 Å². The van der Waals surface area contributed by atoms with Crippen LogP contribution in [0.25, 0.3) is 0 Å². The molecule has 1 aliphatic carbocycles. The number of aromatic nitrogens is 2. The van der Waals surface area contributed by atoms with Crippen LogP contribution < -0.4 is 14.2 Å². The largest absolute Gasteiger partial charge is 0.480 e. The number of methoxy groups -OCH3 is 1. The van der Waals surface area contributed by atoms with Gasteiger partial charge in [-0.3, -0.25) is 4.98 Å². The molecule has 0 spiro atoms. The highest BCUT2D eigenvalue weighted by Crippen LogP contribution is 2.24. The van der Waals surface area contributed by atoms with Crippen molar-refractivity contribution < 1.29 is 17.9 Å². The number of hydrogen-bond acceptors (Lipinski definition) is 6. The van der Waals surface area contributed by atoms with Crippen LogP contribution in [0.1, 0.15) is 31.2 Å². The maximum absolute atomic E-state index is 12.5. The molecule has 0 atom stereocenters. The number of nitrogens with one attached hydrogen (secondary N) is 1. The Morgan fingerprint density at radius 2 is 1.69 bits per heavy atom. The van der Waals surface area contributed by atoms with Gasteiger partial charge in [-0.1, -0.05) is 17.7 Å². The summed E-state index contributed by atoms with van der Waals surface area (Å²) in [5.74, 6) is 0.829. The number of nitrogens with zero attached hydrogens (tertiary/aromatic N) is 2. The molecule has 1 aliphatic rings. The molecule has 0 amide bonds. The van der Waals surface area contributed by atoms with Gasteiger partial charge in [-0.05, 0) is 44.7 Å². The topological polar surface area (TPSA) is 90.4 Å². The van der Waals surface area contributed by atoms with Crippen molar-refractivity contribution in [3.63, 3.8) is 0 Å². The second kappa shape index (κ2) is 8.01. The van der Waals surface area contributed by atoms with Gasteiger partial charge in [0.1, 0.15) is 6.10 Å². The van der Waals surface area contributed by atoms with Gasteiger partial charge in [0.05, 0.1) is 24.4 Å². The van der Waals surface area contributed by atoms with E-state index >= 15 is 0 Å². The van der Waals surface area contributed by atoms with Gasteiger partial charge < -0.3 is 9.47 Å². The molecule has 0 aliphatic heterocycles. The summed E-state index contributed by atoms with van der Waals surface area (Å²) in [5.41, 5.74) is 1.03. The summed E-state index contributed by atoms with van der Waals surface area (Å²) in [6, 6.07) is 6.78. The lowest BCUT2D eigenvalue weighted by molar-refractivity contribution is 0.136. The lowest BCUT2D eigenvalue weighted by Crippen LogP contribution is -2.39. The van der Waals surface area contributed by atoms with E-state index < -0.39 is 10.0 Å². The fraction of sp³-hybridized carbons (Fsp3) is 0.444. The van der Waals surface area contributed by atoms with Crippen LogP contribution >= 0.6 is 0 Å². The number of hydrogen-bond donors (Lipinski definition) is 1. The Hall–Kier alpha value is -2.19. The zero-order valence-corrected chi connectivity index (χ0v) is 15.7. The monoisotopic (exact) mass is 377 g/mol. The number of aryl methyl sites for hydroxylation is 1. The Balaban J connectivity index is 1.54. The van der Waals surface area contributed by atoms with E-state index in [0.29, 0.717) is 29.5 Å². The standard InChI is InChI=1S/C18H23N3O4S/c1-13-3-9-16(10-4-13)26(22,23)21-14-5-7-15(8-6-14)25-18-12-19-11-17(20-18)24-2/h3-4,9-12,14-15,21H,5-8H2,1-2H3. The quantitative estimate of drug-likeness (QED) is 0.832. The van der Waals surface area contributed by atoms with E-state index in [1.54, 1.807) is 30.5 Å². The smallest absolute Gasteiger partial charge is 0.240 e. The third-order valence-corrected chi connectivity index (χ3v) is 5.95. The number of sulfonamides is 1. The molecule has 1 heterocycles. The van der Waals surface area contributed by atoms with Gasteiger partial charge in [0.2, 0.25) is 21.8 Å². The molecule has 3 rings (SSSR count). The maximum Gasteiger partial charge on any atom is 0.240 e. The van der Waals surface area contributed by atoms with Crippen molar-refractivity contribution in [3.05, 3.63) is 42.2 Å². The fourth-order valence-electron chi connectivity index (χ4n) is 2.96. The summed E-state index contributed by atoms with van der Waals surface area (Å²) in [7, 11) is -1.96. The van der Waals surface area contributed by atoms with Crippen LogP contribution in [0.15, 0.2) is 41.6 Å². The third-order valence-electron chi connectivity index (χ3n) is 4.41. The first-order chi connectivity index (χ1) is 12.5. The van der Waals surface area contributed by atoms with Crippen molar-refractivity contribution in [2.24, 2.45) is 0 Å². The molecular weight excluding hydrogens is 354 g/mol. The van der Waals surface area contributed by atoms with Crippen molar-refractivity contribution in [2.45, 2.75) is 49.6 Å². The van der Waals surface area contributed by atoms with Crippen molar-refractivity contribution in [1.82, 2.24) is 14.7 Å². The normalized spacial score (nSPS) is 20.5. The summed E-state index contributed by atoms with van der Waals surface area (Å²) >= 11 is 0. The molecule has 8 heteroatoms. The van der Waals surface area contributed by atoms with E-state index in [2.05, 4.69) is 14.7 Å². The Labute approximate surface area is 153 Å². The van der Waals surface area contributed by atoms with Crippen molar-refractivity contribution >= 4 is 10.0 Å². The molecule has 0 bridgehead atoms. The minimum absolute atomic E-state index is 0.00321. The average molecular weight is 377 g/mol. The van der Waals surface area contributed by atoms with Crippen molar-refractivity contribution in [3.8, 4) is 11.8 Å². The lowest BCUT2D eigenvalue weighted by Gasteiger charge is -2.29. The Morgan fingerprint density at radius 3 is 2.35 bits per heavy atom. The summed E-state index contributed by atoms with van der Waals surface area (Å²) in [6.07, 6.45) is 6.00. The predicted molar refractivity (Wildman–Crippen MR) is 96.8 cm³/mol. The number of ether oxygens (including phenoxy) is 2. The Morgan fingerprint density at radius 1 is 1.04 bits per heavy atom. The first kappa shape index (κ1) is 18.6. The van der Waals surface area contributed by atoms with Gasteiger partial charge in [-0.2, -0.15) is 4.98 Å². The average Bonchev–Trinajstić information content (AvgIpc) is 2.64. The van der Waals surface area contributed by atoms with E-state index in [-0.39, 0.29) is 12.1 Å². The molecular formula is C18H23N3O4S. The van der Waals surface area contributed by atoms with Crippen LogP contribution in [-0.4, -0.2) is 37.6 Å². The second-order valence-corrected chi connectivity index (χ2v) is 8.14. The zero-order chi connectivity index (χ0) is 18.6. The SMILES string of the molecule is COc1cncc(OC2CCC(NS(=O)(=O)c3ccc(C)cc3)CC2)n1. The summed E-state index contributed by atoms with van der Waals surface area (Å²) in [5, 5.41) is 0. The lowest BCUT2D eigenvalue weighted by atomic mass is 9.94. The highest BCUT2D eigenvalue weighted by molar-refractivity contribution is 7.89. The molecule has 1 fully saturated rings. The van der Waals surface area contributed by atoms with Gasteiger partial charge in [-0.25, -0.2) is 13.1 Å². The van der Waals surface area contributed by atoms with Gasteiger partial charge in [-0.15, -0.1) is 0 Å². The molecule has 7 nitrogen and oxygen atoms in total. The van der Waals surface area contributed by atoms with E-state index in [1.165, 1.54) is 13.3 Å². The Bertz CT molecular complexity index is 832. The Kier molecular flexibility index (Phi) is 5.73. The van der Waals surface area contributed by atoms with Crippen LogP contribution in [0.3, 0.4) is 0 Å². The minimum Gasteiger partial charge on any atom is -0.480 e. The molecule has 0 unspecified atom stereocenters. The summed E-state index contributed by atoms with van der Waals surface area (Å²) in [6.45, 7) is 1.93. The molecule has 1 aromatic heterocycles. The molecule has 1 N–H and O–H groups in total. The predicted octanol–water partition coefficient (Wildman–Crippen LogP) is 2.46. The van der Waals surface area contributed by atoms with Crippen LogP contribution in [-0.2, 0) is 10.0 Å². The number of rotatable bonds is 6. The van der Waals surface area contributed by atoms with E-state index in [9.17, 15) is 8.42 Å². The summed E-state index contributed by atoms with van der Waals surface area (Å²) in [4.78, 5) is 8.51. The van der Waals surface area contributed by atoms with E-state index in [4.69, 9.17) is 9.47 Å². The highest BCUT2D eigenvalue weighted by Gasteiger charge is 2.27. The van der Waals surface area contributed by atoms with Crippen molar-refractivity contribution in [1.29, 1.82) is 0 Å². The first-order valence-electron chi connectivity index (χ1n) is 8.58. The molecule has 2 aromatic rings. The van der Waals surface area contributed by atoms with Crippen molar-refractivity contribution in [2.75, 3.05) is 7.11 Å². The maximum atomic E-state index is 12.5. The molecule has 140 valence electrons. The molecule has 0 saturated heterocycles. The van der Waals surface area contributed by atoms with Gasteiger partial charge in [0.25, 0.3) is 0 Å². The van der Waals surface area contributed by atoms with E-state index in [1.807, 2.05) is 6.92 Å². The van der Waals surface area contributed by atoms with Crippen LogP contribution in [0.5, 0.6) is 11.8 Å². The second-order valence-electron chi connectivity index (χ2n) is 6.43. The molecule has 26 heavy (non-hydrogen) atoms. The molecule has 1 aromatic carbocycles. The van der Waals surface area contributed by atoms with Gasteiger partial charge in [0, 0.05) is 6.04 Å².